The molecule has 0 bridgehead atoms. The van der Waals surface area contributed by atoms with Crippen molar-refractivity contribution in [2.45, 2.75) is 50.5 Å². The number of aryl methyl sites for hydroxylation is 2. The lowest BCUT2D eigenvalue weighted by molar-refractivity contribution is -0.385. The van der Waals surface area contributed by atoms with Crippen molar-refractivity contribution in [2.75, 3.05) is 13.1 Å². The predicted octanol–water partition coefficient (Wildman–Crippen LogP) is 3.88. The second-order valence-electron chi connectivity index (χ2n) is 9.12. The van der Waals surface area contributed by atoms with Gasteiger partial charge in [0.1, 0.15) is 0 Å². The van der Waals surface area contributed by atoms with Gasteiger partial charge in [0, 0.05) is 31.1 Å². The average Bonchev–Trinajstić information content (AvgIpc) is 3.63. The molecule has 8 nitrogen and oxygen atoms in total. The standard InChI is InChI=1S/C24H29N3O5S/c1-16-3-6-18(7-4-16)23(19-8-9-19)25-24(28)20-11-13-26(14-12-20)33(31,32)22-15-21(27(29)30)10-5-17(22)2/h3-7,10,15,19-20,23H,8-9,11-14H2,1-2H3,(H,25,28). The summed E-state index contributed by atoms with van der Waals surface area (Å²) in [5, 5.41) is 14.3. The molecule has 1 unspecified atom stereocenters. The smallest absolute Gasteiger partial charge is 0.270 e. The van der Waals surface area contributed by atoms with Crippen LogP contribution in [0.1, 0.15) is 48.4 Å². The maximum absolute atomic E-state index is 13.2. The highest BCUT2D eigenvalue weighted by molar-refractivity contribution is 7.89. The number of nitro benzene ring substituents is 1. The van der Waals surface area contributed by atoms with Crippen molar-refractivity contribution in [2.24, 2.45) is 11.8 Å². The van der Waals surface area contributed by atoms with Crippen molar-refractivity contribution in [1.29, 1.82) is 0 Å². The fraction of sp³-hybridized carbons (Fsp3) is 0.458. The first-order chi connectivity index (χ1) is 15.7. The minimum Gasteiger partial charge on any atom is -0.349 e. The number of carbonyl (C=O) groups is 1. The first kappa shape index (κ1) is 23.4. The Kier molecular flexibility index (Phi) is 6.54. The number of hydrogen-bond donors (Lipinski definition) is 1. The molecule has 1 saturated heterocycles. The maximum Gasteiger partial charge on any atom is 0.270 e. The molecule has 1 N–H and O–H groups in total. The molecule has 1 aliphatic heterocycles. The van der Waals surface area contributed by atoms with Crippen molar-refractivity contribution < 1.29 is 18.1 Å². The number of hydrogen-bond acceptors (Lipinski definition) is 5. The third-order valence-electron chi connectivity index (χ3n) is 6.65. The summed E-state index contributed by atoms with van der Waals surface area (Å²) in [5.41, 5.74) is 2.49. The van der Waals surface area contributed by atoms with E-state index in [2.05, 4.69) is 29.6 Å². The molecule has 2 aromatic rings. The van der Waals surface area contributed by atoms with Gasteiger partial charge in [0.05, 0.1) is 15.9 Å². The Morgan fingerprint density at radius 3 is 2.27 bits per heavy atom. The molecule has 1 amide bonds. The fourth-order valence-corrected chi connectivity index (χ4v) is 6.14. The van der Waals surface area contributed by atoms with E-state index >= 15 is 0 Å². The lowest BCUT2D eigenvalue weighted by Crippen LogP contribution is -2.44. The monoisotopic (exact) mass is 471 g/mol. The Labute approximate surface area is 194 Å². The number of nitrogens with one attached hydrogen (secondary N) is 1. The van der Waals surface area contributed by atoms with Gasteiger partial charge in [-0.05, 0) is 56.6 Å². The zero-order chi connectivity index (χ0) is 23.8. The summed E-state index contributed by atoms with van der Waals surface area (Å²) in [6, 6.07) is 12.1. The number of benzene rings is 2. The van der Waals surface area contributed by atoms with Gasteiger partial charge in [0.15, 0.2) is 0 Å². The summed E-state index contributed by atoms with van der Waals surface area (Å²) < 4.78 is 27.6. The topological polar surface area (TPSA) is 110 Å². The third-order valence-corrected chi connectivity index (χ3v) is 8.69. The second-order valence-corrected chi connectivity index (χ2v) is 11.0. The van der Waals surface area contributed by atoms with E-state index in [0.717, 1.165) is 24.5 Å². The highest BCUT2D eigenvalue weighted by Gasteiger charge is 2.37. The van der Waals surface area contributed by atoms with E-state index in [4.69, 9.17) is 0 Å². The molecule has 1 heterocycles. The number of carbonyl (C=O) groups excluding carboxylic acids is 1. The lowest BCUT2D eigenvalue weighted by Gasteiger charge is -2.32. The molecule has 0 radical (unpaired) electrons. The van der Waals surface area contributed by atoms with Crippen molar-refractivity contribution in [3.63, 3.8) is 0 Å². The fourth-order valence-electron chi connectivity index (χ4n) is 4.43. The molecule has 2 aromatic carbocycles. The molecule has 2 fully saturated rings. The van der Waals surface area contributed by atoms with Gasteiger partial charge in [-0.1, -0.05) is 35.9 Å². The molecule has 4 rings (SSSR count). The Hall–Kier alpha value is -2.78. The lowest BCUT2D eigenvalue weighted by atomic mass is 9.95. The number of rotatable bonds is 7. The number of nitro groups is 1. The van der Waals surface area contributed by atoms with E-state index in [9.17, 15) is 23.3 Å². The molecule has 1 aliphatic carbocycles. The van der Waals surface area contributed by atoms with Crippen LogP contribution in [0.15, 0.2) is 47.4 Å². The Bertz CT molecular complexity index is 1150. The van der Waals surface area contributed by atoms with Crippen LogP contribution in [0.4, 0.5) is 5.69 Å². The average molecular weight is 472 g/mol. The van der Waals surface area contributed by atoms with Gasteiger partial charge < -0.3 is 5.32 Å². The molecule has 1 saturated carbocycles. The van der Waals surface area contributed by atoms with Gasteiger partial charge in [0.25, 0.3) is 5.69 Å². The zero-order valence-electron chi connectivity index (χ0n) is 18.9. The Morgan fingerprint density at radius 2 is 1.70 bits per heavy atom. The van der Waals surface area contributed by atoms with Crippen molar-refractivity contribution >= 4 is 21.6 Å². The van der Waals surface area contributed by atoms with Crippen LogP contribution in [0, 0.1) is 35.8 Å². The number of sulfonamides is 1. The van der Waals surface area contributed by atoms with Crippen LogP contribution < -0.4 is 5.32 Å². The predicted molar refractivity (Wildman–Crippen MR) is 124 cm³/mol. The van der Waals surface area contributed by atoms with E-state index in [1.165, 1.54) is 22.0 Å². The van der Waals surface area contributed by atoms with Crippen LogP contribution in [0.25, 0.3) is 0 Å². The van der Waals surface area contributed by atoms with E-state index in [0.29, 0.717) is 24.3 Å². The summed E-state index contributed by atoms with van der Waals surface area (Å²) in [6.07, 6.45) is 3.03. The Morgan fingerprint density at radius 1 is 1.06 bits per heavy atom. The van der Waals surface area contributed by atoms with E-state index < -0.39 is 14.9 Å². The van der Waals surface area contributed by atoms with Crippen molar-refractivity contribution in [3.05, 3.63) is 69.3 Å². The minimum atomic E-state index is -3.87. The number of non-ortho nitro benzene ring substituents is 1. The van der Waals surface area contributed by atoms with E-state index in [-0.39, 0.29) is 41.5 Å². The van der Waals surface area contributed by atoms with Crippen molar-refractivity contribution in [1.82, 2.24) is 9.62 Å². The zero-order valence-corrected chi connectivity index (χ0v) is 19.7. The summed E-state index contributed by atoms with van der Waals surface area (Å²) in [7, 11) is -3.87. The van der Waals surface area contributed by atoms with Gasteiger partial charge >= 0.3 is 0 Å². The molecule has 0 aromatic heterocycles. The summed E-state index contributed by atoms with van der Waals surface area (Å²) in [4.78, 5) is 23.5. The van der Waals surface area contributed by atoms with Crippen LogP contribution in [-0.4, -0.2) is 36.6 Å². The minimum absolute atomic E-state index is 0.00706. The largest absolute Gasteiger partial charge is 0.349 e. The van der Waals surface area contributed by atoms with Crippen LogP contribution in [0.5, 0.6) is 0 Å². The number of piperidine rings is 1. The Balaban J connectivity index is 1.42. The number of amides is 1. The highest BCUT2D eigenvalue weighted by atomic mass is 32.2. The molecule has 33 heavy (non-hydrogen) atoms. The SMILES string of the molecule is Cc1ccc(C(NC(=O)C2CCN(S(=O)(=O)c3cc([N+](=O)[O-])ccc3C)CC2)C2CC2)cc1. The first-order valence-electron chi connectivity index (χ1n) is 11.3. The van der Waals surface area contributed by atoms with Crippen LogP contribution in [0.2, 0.25) is 0 Å². The van der Waals surface area contributed by atoms with Gasteiger partial charge in [0.2, 0.25) is 15.9 Å². The summed E-state index contributed by atoms with van der Waals surface area (Å²) >= 11 is 0. The first-order valence-corrected chi connectivity index (χ1v) is 12.7. The molecule has 176 valence electrons. The maximum atomic E-state index is 13.2. The van der Waals surface area contributed by atoms with E-state index in [1.807, 2.05) is 6.92 Å². The second kappa shape index (κ2) is 9.23. The molecule has 2 aliphatic rings. The summed E-state index contributed by atoms with van der Waals surface area (Å²) in [5.74, 6) is 0.166. The number of nitrogens with zero attached hydrogens (tertiary/aromatic N) is 2. The highest BCUT2D eigenvalue weighted by Crippen LogP contribution is 2.41. The van der Waals surface area contributed by atoms with Gasteiger partial charge in [-0.3, -0.25) is 14.9 Å². The summed E-state index contributed by atoms with van der Waals surface area (Å²) in [6.45, 7) is 4.08. The quantitative estimate of drug-likeness (QED) is 0.487. The van der Waals surface area contributed by atoms with Crippen LogP contribution >= 0.6 is 0 Å². The van der Waals surface area contributed by atoms with Crippen LogP contribution in [-0.2, 0) is 14.8 Å². The van der Waals surface area contributed by atoms with Gasteiger partial charge in [-0.15, -0.1) is 0 Å². The molecule has 9 heteroatoms. The molecule has 1 atom stereocenters. The normalized spacial score (nSPS) is 18.6. The van der Waals surface area contributed by atoms with E-state index in [1.54, 1.807) is 6.92 Å². The third kappa shape index (κ3) is 5.09. The van der Waals surface area contributed by atoms with Crippen molar-refractivity contribution in [3.8, 4) is 0 Å². The van der Waals surface area contributed by atoms with Gasteiger partial charge in [-0.2, -0.15) is 4.31 Å². The molecule has 0 spiro atoms. The van der Waals surface area contributed by atoms with Gasteiger partial charge in [-0.25, -0.2) is 8.42 Å². The van der Waals surface area contributed by atoms with Crippen LogP contribution in [0.3, 0.4) is 0 Å². The molecular formula is C24H29N3O5S. The molecular weight excluding hydrogens is 442 g/mol.